The number of rotatable bonds is 9. The first-order valence-electron chi connectivity index (χ1n) is 10.0. The van der Waals surface area contributed by atoms with Crippen LogP contribution in [-0.2, 0) is 17.8 Å². The number of methoxy groups -OCH3 is 1. The Kier molecular flexibility index (Phi) is 7.49. The first-order chi connectivity index (χ1) is 14.0. The maximum atomic E-state index is 5.80. The molecule has 1 aliphatic rings. The van der Waals surface area contributed by atoms with Gasteiger partial charge >= 0.3 is 0 Å². The number of pyridine rings is 1. The Hall–Kier alpha value is -2.57. The summed E-state index contributed by atoms with van der Waals surface area (Å²) >= 11 is 0. The molecule has 1 aromatic heterocycles. The molecule has 0 amide bonds. The number of anilines is 1. The van der Waals surface area contributed by atoms with Gasteiger partial charge in [-0.2, -0.15) is 0 Å². The summed E-state index contributed by atoms with van der Waals surface area (Å²) in [5.74, 6) is 2.48. The lowest BCUT2D eigenvalue weighted by Gasteiger charge is -2.32. The largest absolute Gasteiger partial charge is 0.493 e. The molecule has 1 saturated heterocycles. The minimum Gasteiger partial charge on any atom is -0.493 e. The quantitative estimate of drug-likeness (QED) is 0.653. The molecule has 1 atom stereocenters. The van der Waals surface area contributed by atoms with Crippen molar-refractivity contribution in [1.82, 2.24) is 10.3 Å². The maximum absolute atomic E-state index is 5.80. The molecule has 0 spiro atoms. The molecular formula is C23H31N3O3. The van der Waals surface area contributed by atoms with Crippen molar-refractivity contribution in [3.8, 4) is 11.5 Å². The van der Waals surface area contributed by atoms with Crippen LogP contribution in [0.4, 0.5) is 5.82 Å². The number of hydrogen-bond donors (Lipinski definition) is 1. The van der Waals surface area contributed by atoms with Crippen LogP contribution in [0.5, 0.6) is 11.5 Å². The molecule has 156 valence electrons. The fourth-order valence-corrected chi connectivity index (χ4v) is 3.23. The van der Waals surface area contributed by atoms with E-state index in [0.717, 1.165) is 66.8 Å². The third-order valence-corrected chi connectivity index (χ3v) is 4.73. The van der Waals surface area contributed by atoms with Crippen molar-refractivity contribution in [2.75, 3.05) is 38.3 Å². The second-order valence-corrected chi connectivity index (χ2v) is 7.49. The first kappa shape index (κ1) is 21.1. The van der Waals surface area contributed by atoms with E-state index >= 15 is 0 Å². The van der Waals surface area contributed by atoms with Gasteiger partial charge in [0, 0.05) is 32.4 Å². The van der Waals surface area contributed by atoms with E-state index in [-0.39, 0.29) is 6.10 Å². The monoisotopic (exact) mass is 397 g/mol. The predicted octanol–water partition coefficient (Wildman–Crippen LogP) is 3.56. The standard InChI is InChI=1S/C23H31N3O3/c1-17(2)16-29-22-11-19(5-7-21(22)27-4)12-24-13-20-6-8-23(25-14-20)26-9-10-28-18(3)15-26/h5-8,11,14,18,24H,1,9-10,12-13,15-16H2,2-4H3/t18-/m0/s1. The number of morpholine rings is 1. The van der Waals surface area contributed by atoms with Crippen molar-refractivity contribution in [2.45, 2.75) is 33.0 Å². The van der Waals surface area contributed by atoms with Crippen molar-refractivity contribution in [3.05, 3.63) is 59.8 Å². The van der Waals surface area contributed by atoms with Gasteiger partial charge in [0.1, 0.15) is 12.4 Å². The van der Waals surface area contributed by atoms with Gasteiger partial charge in [-0.3, -0.25) is 0 Å². The molecule has 0 radical (unpaired) electrons. The third kappa shape index (κ3) is 6.21. The zero-order valence-corrected chi connectivity index (χ0v) is 17.6. The van der Waals surface area contributed by atoms with Crippen molar-refractivity contribution in [3.63, 3.8) is 0 Å². The number of hydrogen-bond acceptors (Lipinski definition) is 6. The Bertz CT molecular complexity index is 808. The van der Waals surface area contributed by atoms with E-state index in [4.69, 9.17) is 14.2 Å². The molecule has 1 N–H and O–H groups in total. The number of nitrogens with one attached hydrogen (secondary N) is 1. The molecule has 29 heavy (non-hydrogen) atoms. The second-order valence-electron chi connectivity index (χ2n) is 7.49. The first-order valence-corrected chi connectivity index (χ1v) is 10.0. The molecule has 3 rings (SSSR count). The van der Waals surface area contributed by atoms with Crippen molar-refractivity contribution in [2.24, 2.45) is 0 Å². The Labute approximate surface area is 173 Å². The predicted molar refractivity (Wildman–Crippen MR) is 116 cm³/mol. The summed E-state index contributed by atoms with van der Waals surface area (Å²) in [6.45, 7) is 12.4. The van der Waals surface area contributed by atoms with Gasteiger partial charge in [-0.25, -0.2) is 4.98 Å². The smallest absolute Gasteiger partial charge is 0.161 e. The molecule has 0 unspecified atom stereocenters. The third-order valence-electron chi connectivity index (χ3n) is 4.73. The van der Waals surface area contributed by atoms with E-state index in [2.05, 4.69) is 40.8 Å². The highest BCUT2D eigenvalue weighted by Crippen LogP contribution is 2.28. The van der Waals surface area contributed by atoms with E-state index < -0.39 is 0 Å². The van der Waals surface area contributed by atoms with Crippen molar-refractivity contribution in [1.29, 1.82) is 0 Å². The summed E-state index contributed by atoms with van der Waals surface area (Å²) in [6, 6.07) is 10.2. The normalized spacial score (nSPS) is 16.5. The second kappa shape index (κ2) is 10.3. The Morgan fingerprint density at radius 3 is 2.72 bits per heavy atom. The maximum Gasteiger partial charge on any atom is 0.161 e. The highest BCUT2D eigenvalue weighted by molar-refractivity contribution is 5.43. The van der Waals surface area contributed by atoms with Crippen LogP contribution < -0.4 is 19.7 Å². The summed E-state index contributed by atoms with van der Waals surface area (Å²) < 4.78 is 16.8. The molecule has 2 aromatic rings. The van der Waals surface area contributed by atoms with E-state index in [1.165, 1.54) is 0 Å². The molecule has 0 saturated carbocycles. The fraction of sp³-hybridized carbons (Fsp3) is 0.435. The van der Waals surface area contributed by atoms with Crippen LogP contribution in [0, 0.1) is 0 Å². The molecule has 0 bridgehead atoms. The zero-order valence-electron chi connectivity index (χ0n) is 17.6. The van der Waals surface area contributed by atoms with Crippen LogP contribution in [0.1, 0.15) is 25.0 Å². The van der Waals surface area contributed by atoms with Crippen LogP contribution in [-0.4, -0.2) is 44.5 Å². The average Bonchev–Trinajstić information content (AvgIpc) is 2.73. The topological polar surface area (TPSA) is 55.9 Å². The Morgan fingerprint density at radius 2 is 2.03 bits per heavy atom. The minimum atomic E-state index is 0.251. The van der Waals surface area contributed by atoms with Gasteiger partial charge in [-0.15, -0.1) is 0 Å². The molecule has 0 aliphatic carbocycles. The molecule has 1 aromatic carbocycles. The molecule has 6 nitrogen and oxygen atoms in total. The van der Waals surface area contributed by atoms with Gasteiger partial charge in [0.05, 0.1) is 19.8 Å². The van der Waals surface area contributed by atoms with E-state index in [0.29, 0.717) is 6.61 Å². The average molecular weight is 398 g/mol. The van der Waals surface area contributed by atoms with Gasteiger partial charge in [0.25, 0.3) is 0 Å². The van der Waals surface area contributed by atoms with Gasteiger partial charge < -0.3 is 24.4 Å². The van der Waals surface area contributed by atoms with Crippen LogP contribution in [0.25, 0.3) is 0 Å². The van der Waals surface area contributed by atoms with E-state index in [1.807, 2.05) is 31.3 Å². The van der Waals surface area contributed by atoms with Gasteiger partial charge in [0.15, 0.2) is 11.5 Å². The van der Waals surface area contributed by atoms with Crippen LogP contribution in [0.2, 0.25) is 0 Å². The van der Waals surface area contributed by atoms with Crippen molar-refractivity contribution < 1.29 is 14.2 Å². The number of benzene rings is 1. The van der Waals surface area contributed by atoms with E-state index in [9.17, 15) is 0 Å². The van der Waals surface area contributed by atoms with E-state index in [1.54, 1.807) is 7.11 Å². The SMILES string of the molecule is C=C(C)COc1cc(CNCc2ccc(N3CCO[C@@H](C)C3)nc2)ccc1OC. The Morgan fingerprint density at radius 1 is 1.24 bits per heavy atom. The molecular weight excluding hydrogens is 366 g/mol. The van der Waals surface area contributed by atoms with Gasteiger partial charge in [-0.1, -0.05) is 18.7 Å². The summed E-state index contributed by atoms with van der Waals surface area (Å²) in [5, 5.41) is 3.47. The lowest BCUT2D eigenvalue weighted by molar-refractivity contribution is 0.0529. The van der Waals surface area contributed by atoms with Crippen molar-refractivity contribution >= 4 is 5.82 Å². The van der Waals surface area contributed by atoms with Gasteiger partial charge in [0.2, 0.25) is 0 Å². The van der Waals surface area contributed by atoms with Gasteiger partial charge in [-0.05, 0) is 48.7 Å². The van der Waals surface area contributed by atoms with Crippen LogP contribution >= 0.6 is 0 Å². The number of nitrogens with zero attached hydrogens (tertiary/aromatic N) is 2. The molecule has 1 aliphatic heterocycles. The molecule has 6 heteroatoms. The highest BCUT2D eigenvalue weighted by atomic mass is 16.5. The summed E-state index contributed by atoms with van der Waals surface area (Å²) in [7, 11) is 1.65. The number of ether oxygens (including phenoxy) is 3. The fourth-order valence-electron chi connectivity index (χ4n) is 3.23. The minimum absolute atomic E-state index is 0.251. The zero-order chi connectivity index (χ0) is 20.6. The lowest BCUT2D eigenvalue weighted by atomic mass is 10.2. The van der Waals surface area contributed by atoms with Crippen LogP contribution in [0.3, 0.4) is 0 Å². The van der Waals surface area contributed by atoms with Crippen LogP contribution in [0.15, 0.2) is 48.7 Å². The summed E-state index contributed by atoms with van der Waals surface area (Å²) in [6.07, 6.45) is 2.19. The molecule has 2 heterocycles. The number of aromatic nitrogens is 1. The molecule has 1 fully saturated rings. The Balaban J connectivity index is 1.53. The summed E-state index contributed by atoms with van der Waals surface area (Å²) in [5.41, 5.74) is 3.26. The lowest BCUT2D eigenvalue weighted by Crippen LogP contribution is -2.41. The summed E-state index contributed by atoms with van der Waals surface area (Å²) in [4.78, 5) is 6.90. The highest BCUT2D eigenvalue weighted by Gasteiger charge is 2.17.